The second-order valence-corrected chi connectivity index (χ2v) is 7.58. The zero-order valence-corrected chi connectivity index (χ0v) is 13.4. The van der Waals surface area contributed by atoms with Crippen LogP contribution in [0.1, 0.15) is 0 Å². The minimum absolute atomic E-state index is 0.0415. The van der Waals surface area contributed by atoms with Gasteiger partial charge < -0.3 is 5.73 Å². The Morgan fingerprint density at radius 2 is 2.05 bits per heavy atom. The number of benzene rings is 1. The first-order valence-electron chi connectivity index (χ1n) is 6.06. The molecule has 2 rings (SSSR count). The average Bonchev–Trinajstić information content (AvgIpc) is 2.40. The molecule has 0 unspecified atom stereocenters. The summed E-state index contributed by atoms with van der Waals surface area (Å²) in [6, 6.07) is 10.4. The number of nitrogens with zero attached hydrogens (tertiary/aromatic N) is 1. The van der Waals surface area contributed by atoms with Crippen LogP contribution in [0.5, 0.6) is 0 Å². The van der Waals surface area contributed by atoms with Crippen molar-refractivity contribution in [2.45, 2.75) is 4.90 Å². The smallest absolute Gasteiger partial charge is 0.234 e. The highest BCUT2D eigenvalue weighted by molar-refractivity contribution is 8.01. The zero-order chi connectivity index (χ0) is 15.3. The molecule has 3 N–H and O–H groups in total. The lowest BCUT2D eigenvalue weighted by Crippen LogP contribution is -2.18. The molecule has 0 aliphatic rings. The van der Waals surface area contributed by atoms with E-state index in [1.807, 2.05) is 18.2 Å². The highest BCUT2D eigenvalue weighted by atomic mass is 35.5. The minimum Gasteiger partial charge on any atom is -0.398 e. The van der Waals surface area contributed by atoms with Crippen LogP contribution in [0.15, 0.2) is 47.5 Å². The van der Waals surface area contributed by atoms with Gasteiger partial charge in [-0.25, -0.2) is 13.4 Å². The number of rotatable bonds is 6. The Balaban J connectivity index is 1.91. The van der Waals surface area contributed by atoms with Crippen molar-refractivity contribution in [2.24, 2.45) is 0 Å². The molecule has 1 heterocycles. The van der Waals surface area contributed by atoms with E-state index >= 15 is 0 Å². The lowest BCUT2D eigenvalue weighted by atomic mass is 10.3. The molecule has 0 radical (unpaired) electrons. The van der Waals surface area contributed by atoms with Gasteiger partial charge in [-0.05, 0) is 18.2 Å². The van der Waals surface area contributed by atoms with Gasteiger partial charge >= 0.3 is 0 Å². The highest BCUT2D eigenvalue weighted by Gasteiger charge is 2.12. The Bertz CT molecular complexity index is 723. The minimum atomic E-state index is -3.47. The molecule has 0 saturated carbocycles. The molecule has 0 aliphatic carbocycles. The van der Waals surface area contributed by atoms with Gasteiger partial charge in [0.25, 0.3) is 0 Å². The van der Waals surface area contributed by atoms with Gasteiger partial charge in [-0.15, -0.1) is 11.8 Å². The third-order valence-electron chi connectivity index (χ3n) is 2.51. The van der Waals surface area contributed by atoms with E-state index in [1.54, 1.807) is 12.1 Å². The predicted molar refractivity (Wildman–Crippen MR) is 88.2 cm³/mol. The van der Waals surface area contributed by atoms with Crippen molar-refractivity contribution in [3.8, 4) is 0 Å². The van der Waals surface area contributed by atoms with Gasteiger partial charge in [-0.1, -0.05) is 23.7 Å². The van der Waals surface area contributed by atoms with E-state index < -0.39 is 10.0 Å². The number of anilines is 2. The number of sulfonamides is 1. The maximum Gasteiger partial charge on any atom is 0.234 e. The SMILES string of the molecule is Nc1ccccc1SCCS(=O)(=O)Nc1cc(Cl)ccn1. The molecular formula is C13H14ClN3O2S2. The van der Waals surface area contributed by atoms with Crippen LogP contribution < -0.4 is 10.5 Å². The molecule has 2 aromatic rings. The second-order valence-electron chi connectivity index (χ2n) is 4.17. The van der Waals surface area contributed by atoms with Crippen LogP contribution in [0.25, 0.3) is 0 Å². The molecule has 21 heavy (non-hydrogen) atoms. The van der Waals surface area contributed by atoms with Crippen LogP contribution in [0.2, 0.25) is 5.02 Å². The van der Waals surface area contributed by atoms with E-state index in [1.165, 1.54) is 24.0 Å². The molecule has 1 aromatic carbocycles. The maximum absolute atomic E-state index is 11.9. The Morgan fingerprint density at radius 3 is 2.76 bits per heavy atom. The number of nitrogen functional groups attached to an aromatic ring is 1. The topological polar surface area (TPSA) is 85.1 Å². The van der Waals surface area contributed by atoms with Gasteiger partial charge in [-0.3, -0.25) is 4.72 Å². The largest absolute Gasteiger partial charge is 0.398 e. The summed E-state index contributed by atoms with van der Waals surface area (Å²) in [5.41, 5.74) is 6.44. The van der Waals surface area contributed by atoms with Crippen LogP contribution in [-0.2, 0) is 10.0 Å². The molecule has 0 fully saturated rings. The van der Waals surface area contributed by atoms with Crippen LogP contribution in [0.4, 0.5) is 11.5 Å². The lowest BCUT2D eigenvalue weighted by molar-refractivity contribution is 0.602. The summed E-state index contributed by atoms with van der Waals surface area (Å²) in [5, 5.41) is 0.425. The molecule has 0 saturated heterocycles. The first kappa shape index (κ1) is 15.9. The fourth-order valence-corrected chi connectivity index (χ4v) is 4.08. The van der Waals surface area contributed by atoms with E-state index in [2.05, 4.69) is 9.71 Å². The van der Waals surface area contributed by atoms with Crippen molar-refractivity contribution in [1.29, 1.82) is 0 Å². The molecule has 0 aliphatic heterocycles. The van der Waals surface area contributed by atoms with Gasteiger partial charge in [0.1, 0.15) is 5.82 Å². The number of pyridine rings is 1. The van der Waals surface area contributed by atoms with Crippen molar-refractivity contribution < 1.29 is 8.42 Å². The highest BCUT2D eigenvalue weighted by Crippen LogP contribution is 2.24. The second kappa shape index (κ2) is 7.02. The van der Waals surface area contributed by atoms with E-state index in [0.717, 1.165) is 4.90 Å². The van der Waals surface area contributed by atoms with Crippen molar-refractivity contribution in [3.05, 3.63) is 47.6 Å². The number of aromatic nitrogens is 1. The summed E-state index contributed by atoms with van der Waals surface area (Å²) in [6.45, 7) is 0. The Morgan fingerprint density at radius 1 is 1.29 bits per heavy atom. The van der Waals surface area contributed by atoms with Gasteiger partial charge in [0.05, 0.1) is 5.75 Å². The van der Waals surface area contributed by atoms with Crippen molar-refractivity contribution >= 4 is 44.9 Å². The Kier molecular flexibility index (Phi) is 5.33. The summed E-state index contributed by atoms with van der Waals surface area (Å²) in [6.07, 6.45) is 1.44. The van der Waals surface area contributed by atoms with Gasteiger partial charge in [0.2, 0.25) is 10.0 Å². The summed E-state index contributed by atoms with van der Waals surface area (Å²) in [5.74, 6) is 0.566. The number of para-hydroxylation sites is 1. The van der Waals surface area contributed by atoms with E-state index in [4.69, 9.17) is 17.3 Å². The number of nitrogens with one attached hydrogen (secondary N) is 1. The molecular weight excluding hydrogens is 330 g/mol. The summed E-state index contributed by atoms with van der Waals surface area (Å²) < 4.78 is 26.3. The first-order valence-corrected chi connectivity index (χ1v) is 9.07. The van der Waals surface area contributed by atoms with Gasteiger partial charge in [0, 0.05) is 33.6 Å². The molecule has 8 heteroatoms. The zero-order valence-electron chi connectivity index (χ0n) is 11.0. The van der Waals surface area contributed by atoms with Crippen molar-refractivity contribution in [1.82, 2.24) is 4.98 Å². The van der Waals surface area contributed by atoms with Crippen LogP contribution in [0.3, 0.4) is 0 Å². The monoisotopic (exact) mass is 343 g/mol. The number of hydrogen-bond acceptors (Lipinski definition) is 5. The van der Waals surface area contributed by atoms with Crippen LogP contribution in [0, 0.1) is 0 Å². The molecule has 112 valence electrons. The number of nitrogens with two attached hydrogens (primary N) is 1. The van der Waals surface area contributed by atoms with Gasteiger partial charge in [-0.2, -0.15) is 0 Å². The quantitative estimate of drug-likeness (QED) is 0.622. The number of hydrogen-bond donors (Lipinski definition) is 2. The van der Waals surface area contributed by atoms with E-state index in [0.29, 0.717) is 16.5 Å². The van der Waals surface area contributed by atoms with Crippen molar-refractivity contribution in [2.75, 3.05) is 22.0 Å². The Labute approximate surface area is 133 Å². The fourth-order valence-electron chi connectivity index (χ4n) is 1.54. The molecule has 0 amide bonds. The van der Waals surface area contributed by atoms with Gasteiger partial charge in [0.15, 0.2) is 0 Å². The summed E-state index contributed by atoms with van der Waals surface area (Å²) in [4.78, 5) is 4.77. The third-order valence-corrected chi connectivity index (χ3v) is 5.36. The first-order chi connectivity index (χ1) is 9.96. The predicted octanol–water partition coefficient (Wildman–Crippen LogP) is 2.85. The maximum atomic E-state index is 11.9. The van der Waals surface area contributed by atoms with E-state index in [9.17, 15) is 8.42 Å². The summed E-state index contributed by atoms with van der Waals surface area (Å²) in [7, 11) is -3.47. The number of thioether (sulfide) groups is 1. The molecule has 5 nitrogen and oxygen atoms in total. The average molecular weight is 344 g/mol. The standard InChI is InChI=1S/C13H14ClN3O2S2/c14-10-5-6-16-13(9-10)17-21(18,19)8-7-20-12-4-2-1-3-11(12)15/h1-6,9H,7-8,15H2,(H,16,17). The van der Waals surface area contributed by atoms with E-state index in [-0.39, 0.29) is 11.6 Å². The third kappa shape index (κ3) is 5.11. The molecule has 0 atom stereocenters. The molecule has 1 aromatic heterocycles. The lowest BCUT2D eigenvalue weighted by Gasteiger charge is -2.08. The van der Waals surface area contributed by atoms with Crippen LogP contribution >= 0.6 is 23.4 Å². The van der Waals surface area contributed by atoms with Crippen LogP contribution in [-0.4, -0.2) is 24.9 Å². The fraction of sp³-hybridized carbons (Fsp3) is 0.154. The normalized spacial score (nSPS) is 11.3. The molecule has 0 bridgehead atoms. The molecule has 0 spiro atoms. The number of halogens is 1. The summed E-state index contributed by atoms with van der Waals surface area (Å²) >= 11 is 7.18. The van der Waals surface area contributed by atoms with Crippen molar-refractivity contribution in [3.63, 3.8) is 0 Å². The Hall–Kier alpha value is -1.44.